The Hall–Kier alpha value is -1.40. The Morgan fingerprint density at radius 3 is 2.86 bits per heavy atom. The van der Waals surface area contributed by atoms with Gasteiger partial charge in [0.15, 0.2) is 5.69 Å². The normalized spacial score (nSPS) is 19.6. The zero-order valence-corrected chi connectivity index (χ0v) is 12.7. The van der Waals surface area contributed by atoms with E-state index in [1.165, 1.54) is 6.42 Å². The minimum Gasteiger partial charge on any atom is -0.383 e. The van der Waals surface area contributed by atoms with Gasteiger partial charge in [0.05, 0.1) is 12.3 Å². The number of hydrogen-bond acceptors (Lipinski definition) is 4. The number of nitrogens with one attached hydrogen (secondary N) is 1. The van der Waals surface area contributed by atoms with E-state index in [1.54, 1.807) is 7.11 Å². The molecule has 116 valence electrons. The van der Waals surface area contributed by atoms with Gasteiger partial charge < -0.3 is 9.64 Å². The third kappa shape index (κ3) is 3.11. The summed E-state index contributed by atoms with van der Waals surface area (Å²) in [6.07, 6.45) is 4.35. The predicted molar refractivity (Wildman–Crippen MR) is 79.2 cm³/mol. The molecule has 0 aliphatic carbocycles. The molecule has 3 rings (SSSR count). The smallest absolute Gasteiger partial charge is 0.274 e. The molecule has 0 bridgehead atoms. The fraction of sp³-hybridized carbons (Fsp3) is 0.733. The second kappa shape index (κ2) is 6.58. The second-order valence-electron chi connectivity index (χ2n) is 5.90. The minimum absolute atomic E-state index is 0.109. The van der Waals surface area contributed by atoms with Crippen molar-refractivity contribution in [2.75, 3.05) is 39.9 Å². The number of aromatic amines is 1. The number of rotatable bonds is 4. The van der Waals surface area contributed by atoms with E-state index < -0.39 is 0 Å². The van der Waals surface area contributed by atoms with Crippen LogP contribution in [0.15, 0.2) is 0 Å². The summed E-state index contributed by atoms with van der Waals surface area (Å²) in [7, 11) is 1.72. The number of piperidine rings is 1. The van der Waals surface area contributed by atoms with Crippen LogP contribution >= 0.6 is 0 Å². The van der Waals surface area contributed by atoms with E-state index in [0.717, 1.165) is 69.9 Å². The van der Waals surface area contributed by atoms with Gasteiger partial charge in [-0.15, -0.1) is 0 Å². The Morgan fingerprint density at radius 2 is 2.10 bits per heavy atom. The van der Waals surface area contributed by atoms with Gasteiger partial charge in [0, 0.05) is 45.4 Å². The number of methoxy groups -OCH3 is 1. The average molecular weight is 292 g/mol. The van der Waals surface area contributed by atoms with Crippen LogP contribution in [-0.4, -0.2) is 65.8 Å². The number of carbonyl (C=O) groups excluding carboxylic acids is 1. The van der Waals surface area contributed by atoms with Crippen LogP contribution < -0.4 is 0 Å². The van der Waals surface area contributed by atoms with Crippen molar-refractivity contribution in [3.8, 4) is 0 Å². The lowest BCUT2D eigenvalue weighted by atomic mass is 10.0. The van der Waals surface area contributed by atoms with Crippen LogP contribution in [0.3, 0.4) is 0 Å². The van der Waals surface area contributed by atoms with Crippen molar-refractivity contribution in [1.82, 2.24) is 20.0 Å². The van der Waals surface area contributed by atoms with E-state index in [4.69, 9.17) is 4.74 Å². The van der Waals surface area contributed by atoms with E-state index in [-0.39, 0.29) is 5.91 Å². The fourth-order valence-corrected chi connectivity index (χ4v) is 3.21. The average Bonchev–Trinajstić information content (AvgIpc) is 2.96. The lowest BCUT2D eigenvalue weighted by molar-refractivity contribution is 0.0716. The van der Waals surface area contributed by atoms with Gasteiger partial charge in [-0.2, -0.15) is 5.10 Å². The van der Waals surface area contributed by atoms with E-state index >= 15 is 0 Å². The molecule has 1 aromatic rings. The minimum atomic E-state index is 0.109. The van der Waals surface area contributed by atoms with Crippen LogP contribution in [0.1, 0.15) is 41.0 Å². The molecule has 21 heavy (non-hydrogen) atoms. The number of hydrogen-bond donors (Lipinski definition) is 1. The lowest BCUT2D eigenvalue weighted by Gasteiger charge is -2.28. The summed E-state index contributed by atoms with van der Waals surface area (Å²) in [5.74, 6) is 0.109. The molecular weight excluding hydrogens is 268 g/mol. The second-order valence-corrected chi connectivity index (χ2v) is 5.90. The van der Waals surface area contributed by atoms with Crippen LogP contribution in [0.4, 0.5) is 0 Å². The molecular formula is C15H24N4O2. The molecule has 3 heterocycles. The summed E-state index contributed by atoms with van der Waals surface area (Å²) in [4.78, 5) is 16.9. The standard InChI is InChI=1S/C15H24N4O2/c1-21-10-9-18-8-5-12-13(11-18)16-17-14(12)15(20)19-6-3-2-4-7-19/h2-11H2,1H3,(H,16,17). The quantitative estimate of drug-likeness (QED) is 0.901. The third-order valence-corrected chi connectivity index (χ3v) is 4.47. The van der Waals surface area contributed by atoms with Crippen molar-refractivity contribution in [2.45, 2.75) is 32.2 Å². The van der Waals surface area contributed by atoms with E-state index in [2.05, 4.69) is 15.1 Å². The van der Waals surface area contributed by atoms with E-state index in [0.29, 0.717) is 5.69 Å². The molecule has 6 nitrogen and oxygen atoms in total. The van der Waals surface area contributed by atoms with Crippen LogP contribution in [0, 0.1) is 0 Å². The van der Waals surface area contributed by atoms with Gasteiger partial charge in [0.2, 0.25) is 0 Å². The summed E-state index contributed by atoms with van der Waals surface area (Å²) in [5.41, 5.74) is 2.87. The van der Waals surface area contributed by atoms with Crippen molar-refractivity contribution >= 4 is 5.91 Å². The Balaban J connectivity index is 1.69. The molecule has 2 aliphatic heterocycles. The number of aromatic nitrogens is 2. The molecule has 0 unspecified atom stereocenters. The first kappa shape index (κ1) is 14.5. The topological polar surface area (TPSA) is 61.5 Å². The predicted octanol–water partition coefficient (Wildman–Crippen LogP) is 1.04. The SMILES string of the molecule is COCCN1CCc2c(C(=O)N3CCCCC3)n[nH]c2C1. The number of amides is 1. The van der Waals surface area contributed by atoms with Gasteiger partial charge in [0.1, 0.15) is 0 Å². The highest BCUT2D eigenvalue weighted by Gasteiger charge is 2.28. The Morgan fingerprint density at radius 1 is 1.29 bits per heavy atom. The Bertz CT molecular complexity index is 494. The molecule has 1 aromatic heterocycles. The molecule has 1 N–H and O–H groups in total. The van der Waals surface area contributed by atoms with E-state index in [9.17, 15) is 4.79 Å². The first-order valence-electron chi connectivity index (χ1n) is 7.86. The van der Waals surface area contributed by atoms with Gasteiger partial charge >= 0.3 is 0 Å². The first-order chi connectivity index (χ1) is 10.3. The lowest BCUT2D eigenvalue weighted by Crippen LogP contribution is -2.37. The van der Waals surface area contributed by atoms with Crippen molar-refractivity contribution in [3.05, 3.63) is 17.0 Å². The monoisotopic (exact) mass is 292 g/mol. The zero-order valence-electron chi connectivity index (χ0n) is 12.7. The summed E-state index contributed by atoms with van der Waals surface area (Å²) >= 11 is 0. The number of fused-ring (bicyclic) bond motifs is 1. The van der Waals surface area contributed by atoms with Crippen LogP contribution in [0.2, 0.25) is 0 Å². The van der Waals surface area contributed by atoms with Crippen molar-refractivity contribution in [2.24, 2.45) is 0 Å². The first-order valence-corrected chi connectivity index (χ1v) is 7.86. The fourth-order valence-electron chi connectivity index (χ4n) is 3.21. The largest absolute Gasteiger partial charge is 0.383 e. The summed E-state index contributed by atoms with van der Waals surface area (Å²) in [6, 6.07) is 0. The van der Waals surface area contributed by atoms with Crippen molar-refractivity contribution < 1.29 is 9.53 Å². The molecule has 6 heteroatoms. The van der Waals surface area contributed by atoms with Gasteiger partial charge in [0.25, 0.3) is 5.91 Å². The van der Waals surface area contributed by atoms with Gasteiger partial charge in [-0.1, -0.05) is 0 Å². The van der Waals surface area contributed by atoms with Crippen LogP contribution in [-0.2, 0) is 17.7 Å². The van der Waals surface area contributed by atoms with Gasteiger partial charge in [-0.05, 0) is 25.7 Å². The van der Waals surface area contributed by atoms with Crippen LogP contribution in [0.5, 0.6) is 0 Å². The molecule has 0 atom stereocenters. The van der Waals surface area contributed by atoms with Gasteiger partial charge in [-0.3, -0.25) is 14.8 Å². The van der Waals surface area contributed by atoms with Crippen molar-refractivity contribution in [1.29, 1.82) is 0 Å². The Labute approximate surface area is 125 Å². The van der Waals surface area contributed by atoms with Crippen LogP contribution in [0.25, 0.3) is 0 Å². The molecule has 0 spiro atoms. The molecule has 1 fully saturated rings. The number of H-pyrrole nitrogens is 1. The molecule has 0 saturated carbocycles. The maximum absolute atomic E-state index is 12.6. The molecule has 1 saturated heterocycles. The summed E-state index contributed by atoms with van der Waals surface area (Å²) in [6.45, 7) is 5.21. The highest BCUT2D eigenvalue weighted by atomic mass is 16.5. The maximum Gasteiger partial charge on any atom is 0.274 e. The zero-order chi connectivity index (χ0) is 14.7. The molecule has 0 radical (unpaired) electrons. The van der Waals surface area contributed by atoms with E-state index in [1.807, 2.05) is 4.90 Å². The number of nitrogens with zero attached hydrogens (tertiary/aromatic N) is 3. The summed E-state index contributed by atoms with van der Waals surface area (Å²) in [5, 5.41) is 7.39. The van der Waals surface area contributed by atoms with Gasteiger partial charge in [-0.25, -0.2) is 0 Å². The number of carbonyl (C=O) groups is 1. The maximum atomic E-state index is 12.6. The highest BCUT2D eigenvalue weighted by Crippen LogP contribution is 2.22. The molecule has 0 aromatic carbocycles. The molecule has 1 amide bonds. The number of ether oxygens (including phenoxy) is 1. The van der Waals surface area contributed by atoms with Crippen molar-refractivity contribution in [3.63, 3.8) is 0 Å². The highest BCUT2D eigenvalue weighted by molar-refractivity contribution is 5.94. The number of likely N-dealkylation sites (tertiary alicyclic amines) is 1. The summed E-state index contributed by atoms with van der Waals surface area (Å²) < 4.78 is 5.13. The molecule has 2 aliphatic rings. The third-order valence-electron chi connectivity index (χ3n) is 4.47. The Kier molecular flexibility index (Phi) is 4.55.